The lowest BCUT2D eigenvalue weighted by Gasteiger charge is -2.27. The third kappa shape index (κ3) is 4.16. The van der Waals surface area contributed by atoms with Gasteiger partial charge in [0.15, 0.2) is 9.84 Å². The summed E-state index contributed by atoms with van der Waals surface area (Å²) in [5, 5.41) is 2.48. The monoisotopic (exact) mass is 435 g/mol. The van der Waals surface area contributed by atoms with Crippen LogP contribution in [0.1, 0.15) is 21.9 Å². The first-order chi connectivity index (χ1) is 13.4. The second-order valence-corrected chi connectivity index (χ2v) is 10.4. The van der Waals surface area contributed by atoms with Gasteiger partial charge in [0.2, 0.25) is 0 Å². The molecule has 4 rings (SSSR count). The summed E-state index contributed by atoms with van der Waals surface area (Å²) < 4.78 is 29.8. The molecule has 1 fully saturated rings. The van der Waals surface area contributed by atoms with Crippen LogP contribution in [0.3, 0.4) is 0 Å². The van der Waals surface area contributed by atoms with Crippen LogP contribution in [0, 0.1) is 0 Å². The lowest BCUT2D eigenvalue weighted by atomic mass is 10.2. The Morgan fingerprint density at radius 3 is 2.61 bits per heavy atom. The highest BCUT2D eigenvalue weighted by molar-refractivity contribution is 7.91. The smallest absolute Gasteiger partial charge is 0.264 e. The largest absolute Gasteiger partial charge is 0.459 e. The Balaban J connectivity index is 1.59. The van der Waals surface area contributed by atoms with Crippen molar-refractivity contribution in [2.24, 2.45) is 0 Å². The highest BCUT2D eigenvalue weighted by Crippen LogP contribution is 2.27. The zero-order valence-corrected chi connectivity index (χ0v) is 17.3. The van der Waals surface area contributed by atoms with E-state index in [2.05, 4.69) is 0 Å². The van der Waals surface area contributed by atoms with E-state index in [9.17, 15) is 13.2 Å². The van der Waals surface area contributed by atoms with Crippen molar-refractivity contribution >= 4 is 38.7 Å². The van der Waals surface area contributed by atoms with Crippen LogP contribution in [0.4, 0.5) is 0 Å². The molecular formula is C20H18ClNO4S2. The molecule has 2 aromatic heterocycles. The van der Waals surface area contributed by atoms with E-state index in [0.717, 1.165) is 5.56 Å². The standard InChI is InChI=1S/C20H18ClNO4S2/c21-15-5-3-14(4-6-15)18-8-7-17(26-18)12-22(16-9-11-28(24,25)13-16)20(23)19-2-1-10-27-19/h1-8,10,16H,9,11-13H2. The molecule has 0 bridgehead atoms. The van der Waals surface area contributed by atoms with E-state index in [-0.39, 0.29) is 30.0 Å². The molecule has 1 aromatic carbocycles. The zero-order valence-electron chi connectivity index (χ0n) is 14.9. The molecule has 1 saturated heterocycles. The number of halogens is 1. The summed E-state index contributed by atoms with van der Waals surface area (Å²) in [5.74, 6) is 1.23. The van der Waals surface area contributed by atoms with Crippen molar-refractivity contribution in [3.63, 3.8) is 0 Å². The molecule has 1 aliphatic heterocycles. The van der Waals surface area contributed by atoms with E-state index in [1.54, 1.807) is 23.1 Å². The van der Waals surface area contributed by atoms with E-state index in [1.165, 1.54) is 11.3 Å². The number of amides is 1. The summed E-state index contributed by atoms with van der Waals surface area (Å²) in [5.41, 5.74) is 0.884. The van der Waals surface area contributed by atoms with E-state index in [4.69, 9.17) is 16.0 Å². The number of furan rings is 1. The van der Waals surface area contributed by atoms with Gasteiger partial charge >= 0.3 is 0 Å². The predicted octanol–water partition coefficient (Wildman–Crippen LogP) is 4.49. The Morgan fingerprint density at radius 1 is 1.18 bits per heavy atom. The SMILES string of the molecule is O=C(c1cccs1)N(Cc1ccc(-c2ccc(Cl)cc2)o1)C1CCS(=O)(=O)C1. The number of rotatable bonds is 5. The summed E-state index contributed by atoms with van der Waals surface area (Å²) >= 11 is 7.28. The first-order valence-electron chi connectivity index (χ1n) is 8.81. The molecule has 1 aliphatic rings. The van der Waals surface area contributed by atoms with Gasteiger partial charge in [-0.25, -0.2) is 8.42 Å². The number of benzene rings is 1. The maximum Gasteiger partial charge on any atom is 0.264 e. The molecule has 5 nitrogen and oxygen atoms in total. The third-order valence-corrected chi connectivity index (χ3v) is 7.62. The Labute approximate surface area is 172 Å². The molecule has 0 N–H and O–H groups in total. The normalized spacial score (nSPS) is 18.2. The van der Waals surface area contributed by atoms with E-state index >= 15 is 0 Å². The second kappa shape index (κ2) is 7.73. The van der Waals surface area contributed by atoms with Crippen molar-refractivity contribution in [2.45, 2.75) is 19.0 Å². The minimum Gasteiger partial charge on any atom is -0.459 e. The van der Waals surface area contributed by atoms with Crippen molar-refractivity contribution in [3.05, 3.63) is 69.6 Å². The fourth-order valence-corrected chi connectivity index (χ4v) is 5.87. The van der Waals surface area contributed by atoms with Gasteiger partial charge in [-0.1, -0.05) is 17.7 Å². The number of sulfone groups is 1. The molecule has 1 amide bonds. The molecule has 0 saturated carbocycles. The fraction of sp³-hybridized carbons (Fsp3) is 0.250. The van der Waals surface area contributed by atoms with Crippen LogP contribution in [0.2, 0.25) is 5.02 Å². The maximum atomic E-state index is 13.0. The molecule has 3 aromatic rings. The molecule has 1 unspecified atom stereocenters. The molecule has 28 heavy (non-hydrogen) atoms. The van der Waals surface area contributed by atoms with Crippen LogP contribution in [-0.4, -0.2) is 36.8 Å². The molecular weight excluding hydrogens is 418 g/mol. The summed E-state index contributed by atoms with van der Waals surface area (Å²) in [4.78, 5) is 15.2. The maximum absolute atomic E-state index is 13.0. The predicted molar refractivity (Wildman–Crippen MR) is 110 cm³/mol. The highest BCUT2D eigenvalue weighted by Gasteiger charge is 2.35. The number of thiophene rings is 1. The Kier molecular flexibility index (Phi) is 5.31. The van der Waals surface area contributed by atoms with E-state index < -0.39 is 9.84 Å². The number of carbonyl (C=O) groups excluding carboxylic acids is 1. The lowest BCUT2D eigenvalue weighted by molar-refractivity contribution is 0.0671. The summed E-state index contributed by atoms with van der Waals surface area (Å²) in [7, 11) is -3.11. The Bertz CT molecular complexity index is 1070. The average Bonchev–Trinajstić information content (AvgIpc) is 3.41. The number of hydrogen-bond donors (Lipinski definition) is 0. The quantitative estimate of drug-likeness (QED) is 0.592. The first-order valence-corrected chi connectivity index (χ1v) is 11.9. The van der Waals surface area contributed by atoms with Crippen LogP contribution in [0.15, 0.2) is 58.3 Å². The zero-order chi connectivity index (χ0) is 19.7. The molecule has 1 atom stereocenters. The van der Waals surface area contributed by atoms with Gasteiger partial charge in [0, 0.05) is 16.6 Å². The van der Waals surface area contributed by atoms with Gasteiger partial charge < -0.3 is 9.32 Å². The first kappa shape index (κ1) is 19.2. The van der Waals surface area contributed by atoms with Gasteiger partial charge in [-0.2, -0.15) is 0 Å². The molecule has 0 aliphatic carbocycles. The van der Waals surface area contributed by atoms with Crippen LogP contribution in [0.25, 0.3) is 11.3 Å². The van der Waals surface area contributed by atoms with Gasteiger partial charge in [-0.05, 0) is 54.3 Å². The molecule has 0 radical (unpaired) electrons. The van der Waals surface area contributed by atoms with Crippen molar-refractivity contribution in [2.75, 3.05) is 11.5 Å². The summed E-state index contributed by atoms with van der Waals surface area (Å²) in [6.07, 6.45) is 0.449. The van der Waals surface area contributed by atoms with E-state index in [1.807, 2.05) is 35.7 Å². The highest BCUT2D eigenvalue weighted by atomic mass is 35.5. The average molecular weight is 436 g/mol. The second-order valence-electron chi connectivity index (χ2n) is 6.74. The van der Waals surface area contributed by atoms with Crippen LogP contribution in [0.5, 0.6) is 0 Å². The third-order valence-electron chi connectivity index (χ3n) is 4.76. The van der Waals surface area contributed by atoms with Crippen molar-refractivity contribution in [3.8, 4) is 11.3 Å². The van der Waals surface area contributed by atoms with Crippen molar-refractivity contribution in [1.82, 2.24) is 4.90 Å². The van der Waals surface area contributed by atoms with Gasteiger partial charge in [0.1, 0.15) is 11.5 Å². The van der Waals surface area contributed by atoms with Crippen molar-refractivity contribution < 1.29 is 17.6 Å². The van der Waals surface area contributed by atoms with Gasteiger partial charge in [0.25, 0.3) is 5.91 Å². The van der Waals surface area contributed by atoms with Gasteiger partial charge in [-0.15, -0.1) is 11.3 Å². The molecule has 0 spiro atoms. The fourth-order valence-electron chi connectivity index (χ4n) is 3.33. The molecule has 3 heterocycles. The number of hydrogen-bond acceptors (Lipinski definition) is 5. The lowest BCUT2D eigenvalue weighted by Crippen LogP contribution is -2.40. The topological polar surface area (TPSA) is 67.6 Å². The van der Waals surface area contributed by atoms with Gasteiger partial charge in [0.05, 0.1) is 22.9 Å². The number of nitrogens with zero attached hydrogens (tertiary/aromatic N) is 1. The van der Waals surface area contributed by atoms with Crippen LogP contribution in [-0.2, 0) is 16.4 Å². The van der Waals surface area contributed by atoms with Crippen LogP contribution >= 0.6 is 22.9 Å². The van der Waals surface area contributed by atoms with Gasteiger partial charge in [-0.3, -0.25) is 4.79 Å². The van der Waals surface area contributed by atoms with E-state index in [0.29, 0.717) is 27.8 Å². The number of carbonyl (C=O) groups is 1. The molecule has 146 valence electrons. The minimum atomic E-state index is -3.11. The molecule has 8 heteroatoms. The Morgan fingerprint density at radius 2 is 1.96 bits per heavy atom. The summed E-state index contributed by atoms with van der Waals surface area (Å²) in [6, 6.07) is 14.2. The summed E-state index contributed by atoms with van der Waals surface area (Å²) in [6.45, 7) is 0.227. The van der Waals surface area contributed by atoms with Crippen molar-refractivity contribution in [1.29, 1.82) is 0 Å². The van der Waals surface area contributed by atoms with Crippen LogP contribution < -0.4 is 0 Å². The Hall–Kier alpha value is -2.09. The minimum absolute atomic E-state index is 0.00509.